The van der Waals surface area contributed by atoms with Crippen molar-refractivity contribution in [1.29, 1.82) is 0 Å². The summed E-state index contributed by atoms with van der Waals surface area (Å²) in [6, 6.07) is 14.0. The van der Waals surface area contributed by atoms with Gasteiger partial charge in [0.1, 0.15) is 5.82 Å². The maximum absolute atomic E-state index is 13.6. The highest BCUT2D eigenvalue weighted by molar-refractivity contribution is 5.45. The van der Waals surface area contributed by atoms with Crippen molar-refractivity contribution in [3.05, 3.63) is 70.5 Å². The Kier molecular flexibility index (Phi) is 3.37. The van der Waals surface area contributed by atoms with Crippen LogP contribution in [0.1, 0.15) is 47.9 Å². The molecule has 3 rings (SSSR count). The third kappa shape index (κ3) is 2.30. The number of hydrogen-bond acceptors (Lipinski definition) is 0. The second kappa shape index (κ2) is 5.16. The fraction of sp³-hybridized carbons (Fsp3) is 0.333. The first kappa shape index (κ1) is 12.4. The maximum atomic E-state index is 13.6. The van der Waals surface area contributed by atoms with Crippen LogP contribution in [0.3, 0.4) is 0 Å². The number of rotatable bonds is 2. The van der Waals surface area contributed by atoms with Crippen molar-refractivity contribution in [2.24, 2.45) is 0 Å². The van der Waals surface area contributed by atoms with Crippen molar-refractivity contribution < 1.29 is 4.39 Å². The highest BCUT2D eigenvalue weighted by Gasteiger charge is 2.22. The molecule has 1 atom stereocenters. The third-order valence-corrected chi connectivity index (χ3v) is 4.15. The van der Waals surface area contributed by atoms with E-state index in [1.807, 2.05) is 6.07 Å². The molecule has 1 heteroatoms. The molecular formula is C18H19F. The second-order valence-electron chi connectivity index (χ2n) is 5.38. The predicted octanol–water partition coefficient (Wildman–Crippen LogP) is 4.86. The highest BCUT2D eigenvalue weighted by Crippen LogP contribution is 2.37. The Morgan fingerprint density at radius 3 is 2.53 bits per heavy atom. The van der Waals surface area contributed by atoms with Crippen LogP contribution >= 0.6 is 0 Å². The molecule has 0 nitrogen and oxygen atoms in total. The zero-order valence-corrected chi connectivity index (χ0v) is 11.3. The molecule has 98 valence electrons. The predicted molar refractivity (Wildman–Crippen MR) is 77.0 cm³/mol. The number of fused-ring (bicyclic) bond motifs is 2. The zero-order valence-electron chi connectivity index (χ0n) is 11.3. The van der Waals surface area contributed by atoms with Gasteiger partial charge in [0.25, 0.3) is 0 Å². The lowest BCUT2D eigenvalue weighted by Gasteiger charge is -2.19. The van der Waals surface area contributed by atoms with Gasteiger partial charge in [-0.3, -0.25) is 0 Å². The molecule has 0 spiro atoms. The van der Waals surface area contributed by atoms with Gasteiger partial charge in [-0.05, 0) is 53.6 Å². The average molecular weight is 254 g/mol. The summed E-state index contributed by atoms with van der Waals surface area (Å²) in [5.41, 5.74) is 5.34. The molecule has 2 aromatic rings. The van der Waals surface area contributed by atoms with Crippen LogP contribution in [0.5, 0.6) is 0 Å². The molecule has 2 aromatic carbocycles. The van der Waals surface area contributed by atoms with Crippen LogP contribution in [0.2, 0.25) is 0 Å². The van der Waals surface area contributed by atoms with Crippen LogP contribution in [0.25, 0.3) is 0 Å². The summed E-state index contributed by atoms with van der Waals surface area (Å²) in [6.45, 7) is 2.20. The van der Waals surface area contributed by atoms with E-state index in [2.05, 4.69) is 31.2 Å². The average Bonchev–Trinajstić information content (AvgIpc) is 2.58. The van der Waals surface area contributed by atoms with Gasteiger partial charge in [-0.15, -0.1) is 0 Å². The van der Waals surface area contributed by atoms with E-state index in [1.54, 1.807) is 12.1 Å². The zero-order chi connectivity index (χ0) is 13.2. The van der Waals surface area contributed by atoms with E-state index < -0.39 is 0 Å². The molecule has 0 saturated heterocycles. The van der Waals surface area contributed by atoms with Crippen LogP contribution in [0, 0.1) is 5.82 Å². The molecule has 0 heterocycles. The Hall–Kier alpha value is -1.63. The molecule has 0 fully saturated rings. The lowest BCUT2D eigenvalue weighted by molar-refractivity contribution is 0.617. The third-order valence-electron chi connectivity index (χ3n) is 4.15. The minimum absolute atomic E-state index is 0.112. The van der Waals surface area contributed by atoms with Crippen LogP contribution < -0.4 is 0 Å². The monoisotopic (exact) mass is 254 g/mol. The van der Waals surface area contributed by atoms with Crippen LogP contribution in [0.15, 0.2) is 42.5 Å². The molecule has 0 radical (unpaired) electrons. The van der Waals surface area contributed by atoms with Gasteiger partial charge in [-0.1, -0.05) is 43.7 Å². The maximum Gasteiger partial charge on any atom is 0.123 e. The molecule has 0 saturated carbocycles. The number of hydrogen-bond donors (Lipinski definition) is 0. The van der Waals surface area contributed by atoms with Crippen molar-refractivity contribution >= 4 is 0 Å². The van der Waals surface area contributed by atoms with E-state index in [1.165, 1.54) is 22.3 Å². The van der Waals surface area contributed by atoms with Gasteiger partial charge < -0.3 is 0 Å². The van der Waals surface area contributed by atoms with E-state index in [9.17, 15) is 4.39 Å². The topological polar surface area (TPSA) is 0 Å². The summed E-state index contributed by atoms with van der Waals surface area (Å²) in [7, 11) is 0. The molecule has 0 bridgehead atoms. The van der Waals surface area contributed by atoms with E-state index in [4.69, 9.17) is 0 Å². The van der Waals surface area contributed by atoms with Gasteiger partial charge in [-0.2, -0.15) is 0 Å². The first-order valence-corrected chi connectivity index (χ1v) is 7.15. The Bertz CT molecular complexity index is 586. The summed E-state index contributed by atoms with van der Waals surface area (Å²) >= 11 is 0. The van der Waals surface area contributed by atoms with Crippen LogP contribution in [-0.4, -0.2) is 0 Å². The number of aryl methyl sites for hydroxylation is 2. The quantitative estimate of drug-likeness (QED) is 0.718. The van der Waals surface area contributed by atoms with Crippen molar-refractivity contribution in [2.45, 2.75) is 38.5 Å². The van der Waals surface area contributed by atoms with Crippen LogP contribution in [0.4, 0.5) is 4.39 Å². The minimum Gasteiger partial charge on any atom is -0.207 e. The molecule has 1 aliphatic carbocycles. The van der Waals surface area contributed by atoms with E-state index >= 15 is 0 Å². The molecule has 0 aliphatic heterocycles. The molecule has 0 aromatic heterocycles. The summed E-state index contributed by atoms with van der Waals surface area (Å²) in [5, 5.41) is 0. The van der Waals surface area contributed by atoms with Gasteiger partial charge in [-0.25, -0.2) is 4.39 Å². The molecule has 1 aliphatic rings. The van der Waals surface area contributed by atoms with Gasteiger partial charge >= 0.3 is 0 Å². The summed E-state index contributed by atoms with van der Waals surface area (Å²) in [4.78, 5) is 0. The Morgan fingerprint density at radius 1 is 1.00 bits per heavy atom. The summed E-state index contributed by atoms with van der Waals surface area (Å²) < 4.78 is 13.6. The Morgan fingerprint density at radius 2 is 1.74 bits per heavy atom. The molecule has 1 unspecified atom stereocenters. The lowest BCUT2D eigenvalue weighted by Crippen LogP contribution is -2.04. The smallest absolute Gasteiger partial charge is 0.123 e. The van der Waals surface area contributed by atoms with Gasteiger partial charge in [0.2, 0.25) is 0 Å². The van der Waals surface area contributed by atoms with Gasteiger partial charge in [0.05, 0.1) is 0 Å². The molecule has 19 heavy (non-hydrogen) atoms. The first-order valence-electron chi connectivity index (χ1n) is 7.15. The van der Waals surface area contributed by atoms with Crippen molar-refractivity contribution in [3.63, 3.8) is 0 Å². The van der Waals surface area contributed by atoms with Crippen LogP contribution in [-0.2, 0) is 12.8 Å². The Labute approximate surface area is 114 Å². The Balaban J connectivity index is 2.16. The standard InChI is InChI=1S/C18H19F/c1-2-5-17-16-7-4-3-6-13(16)8-9-14-10-11-15(19)12-18(14)17/h3-4,6-7,10-12,17H,2,5,8-9H2,1H3. The van der Waals surface area contributed by atoms with E-state index in [0.29, 0.717) is 5.92 Å². The molecule has 0 N–H and O–H groups in total. The number of benzene rings is 2. The first-order chi connectivity index (χ1) is 9.29. The van der Waals surface area contributed by atoms with E-state index in [-0.39, 0.29) is 5.82 Å². The minimum atomic E-state index is -0.112. The lowest BCUT2D eigenvalue weighted by atomic mass is 9.85. The molecule has 0 amide bonds. The largest absolute Gasteiger partial charge is 0.207 e. The summed E-state index contributed by atoms with van der Waals surface area (Å²) in [5.74, 6) is 0.244. The van der Waals surface area contributed by atoms with Gasteiger partial charge in [0.15, 0.2) is 0 Å². The fourth-order valence-corrected chi connectivity index (χ4v) is 3.26. The van der Waals surface area contributed by atoms with Crippen molar-refractivity contribution in [1.82, 2.24) is 0 Å². The molecular weight excluding hydrogens is 235 g/mol. The van der Waals surface area contributed by atoms with E-state index in [0.717, 1.165) is 25.7 Å². The summed E-state index contributed by atoms with van der Waals surface area (Å²) in [6.07, 6.45) is 4.30. The van der Waals surface area contributed by atoms with Crippen molar-refractivity contribution in [2.75, 3.05) is 0 Å². The number of halogens is 1. The van der Waals surface area contributed by atoms with Crippen molar-refractivity contribution in [3.8, 4) is 0 Å². The second-order valence-corrected chi connectivity index (χ2v) is 5.38. The SMILES string of the molecule is CCCC1c2ccccc2CCc2ccc(F)cc21. The van der Waals surface area contributed by atoms with Gasteiger partial charge in [0, 0.05) is 5.92 Å². The normalized spacial score (nSPS) is 17.5. The highest BCUT2D eigenvalue weighted by atomic mass is 19.1. The fourth-order valence-electron chi connectivity index (χ4n) is 3.26.